The number of carbonyl (C=O) groups is 1. The highest BCUT2D eigenvalue weighted by atomic mass is 16.9. The molecule has 0 saturated carbocycles. The average Bonchev–Trinajstić information content (AvgIpc) is 2.92. The third kappa shape index (κ3) is 4.02. The number of methoxy groups -OCH3 is 1. The van der Waals surface area contributed by atoms with Crippen molar-refractivity contribution in [1.29, 1.82) is 0 Å². The molecular weight excluding hydrogens is 328 g/mol. The zero-order valence-electron chi connectivity index (χ0n) is 14.8. The van der Waals surface area contributed by atoms with E-state index in [1.54, 1.807) is 6.92 Å². The quantitative estimate of drug-likeness (QED) is 0.750. The molecule has 2 saturated heterocycles. The summed E-state index contributed by atoms with van der Waals surface area (Å²) in [6.45, 7) is 5.19. The van der Waals surface area contributed by atoms with Crippen molar-refractivity contribution < 1.29 is 33.2 Å². The van der Waals surface area contributed by atoms with Gasteiger partial charge in [0, 0.05) is 21.0 Å². The molecule has 2 fully saturated rings. The summed E-state index contributed by atoms with van der Waals surface area (Å²) >= 11 is 0. The van der Waals surface area contributed by atoms with Crippen LogP contribution in [-0.2, 0) is 39.8 Å². The monoisotopic (exact) mass is 352 g/mol. The van der Waals surface area contributed by atoms with Crippen molar-refractivity contribution in [2.45, 2.75) is 64.1 Å². The van der Waals surface area contributed by atoms with Crippen molar-refractivity contribution in [3.8, 4) is 0 Å². The fourth-order valence-electron chi connectivity index (χ4n) is 3.09. The predicted molar refractivity (Wildman–Crippen MR) is 86.3 cm³/mol. The molecule has 7 heteroatoms. The van der Waals surface area contributed by atoms with E-state index < -0.39 is 42.6 Å². The standard InChI is InChI=1S/C18H24O7/c1-11-14(23-12(2)19)15(21-10-13-8-6-5-7-9-13)16-17(22-11)25-18(3,20-4)24-16/h5-9,11,14-17H,10H2,1-4H3/t11-,14-,15+,16+,17+,18-/m0/s1. The van der Waals surface area contributed by atoms with Crippen LogP contribution < -0.4 is 0 Å². The van der Waals surface area contributed by atoms with E-state index in [1.165, 1.54) is 14.0 Å². The largest absolute Gasteiger partial charge is 0.457 e. The van der Waals surface area contributed by atoms with Crippen LogP contribution in [0.3, 0.4) is 0 Å². The van der Waals surface area contributed by atoms with Gasteiger partial charge in [-0.25, -0.2) is 0 Å². The summed E-state index contributed by atoms with van der Waals surface area (Å²) in [5.41, 5.74) is 1.01. The normalized spacial score (nSPS) is 37.5. The van der Waals surface area contributed by atoms with Crippen molar-refractivity contribution in [2.24, 2.45) is 0 Å². The van der Waals surface area contributed by atoms with Crippen LogP contribution in [0.1, 0.15) is 26.3 Å². The van der Waals surface area contributed by atoms with Gasteiger partial charge in [-0.3, -0.25) is 9.53 Å². The third-order valence-corrected chi connectivity index (χ3v) is 4.37. The summed E-state index contributed by atoms with van der Waals surface area (Å²) in [5, 5.41) is 0. The first-order valence-electron chi connectivity index (χ1n) is 8.31. The molecule has 0 amide bonds. The summed E-state index contributed by atoms with van der Waals surface area (Å²) in [6.07, 6.45) is -2.80. The Morgan fingerprint density at radius 2 is 1.92 bits per heavy atom. The SMILES string of the molecule is CO[C@]1(C)O[C@H]2O[C@@H](C)[C@H](OC(C)=O)[C@@H](OCc3ccccc3)[C@H]2O1. The molecular formula is C18H24O7. The van der Waals surface area contributed by atoms with Gasteiger partial charge >= 0.3 is 5.97 Å². The highest BCUT2D eigenvalue weighted by molar-refractivity contribution is 5.66. The molecule has 7 nitrogen and oxygen atoms in total. The molecule has 2 aliphatic heterocycles. The van der Waals surface area contributed by atoms with Gasteiger partial charge in [-0.1, -0.05) is 30.3 Å². The Hall–Kier alpha value is -1.51. The van der Waals surface area contributed by atoms with Crippen LogP contribution >= 0.6 is 0 Å². The Kier molecular flexibility index (Phi) is 5.41. The van der Waals surface area contributed by atoms with Crippen molar-refractivity contribution >= 4 is 5.97 Å². The highest BCUT2D eigenvalue weighted by Gasteiger charge is 2.57. The Labute approximate surface area is 147 Å². The number of rotatable bonds is 5. The smallest absolute Gasteiger partial charge is 0.303 e. The number of esters is 1. The van der Waals surface area contributed by atoms with E-state index in [2.05, 4.69) is 0 Å². The van der Waals surface area contributed by atoms with E-state index in [-0.39, 0.29) is 0 Å². The van der Waals surface area contributed by atoms with Crippen LogP contribution in [0.4, 0.5) is 0 Å². The summed E-state index contributed by atoms with van der Waals surface area (Å²) in [7, 11) is 1.49. The van der Waals surface area contributed by atoms with E-state index in [9.17, 15) is 4.79 Å². The van der Waals surface area contributed by atoms with E-state index >= 15 is 0 Å². The van der Waals surface area contributed by atoms with Crippen LogP contribution in [0.2, 0.25) is 0 Å². The van der Waals surface area contributed by atoms with Gasteiger partial charge in [0.15, 0.2) is 12.4 Å². The Bertz CT molecular complexity index is 592. The first-order valence-corrected chi connectivity index (χ1v) is 8.31. The minimum atomic E-state index is -1.23. The molecule has 0 N–H and O–H groups in total. The summed E-state index contributed by atoms with van der Waals surface area (Å²) in [5.74, 6) is -1.63. The lowest BCUT2D eigenvalue weighted by atomic mass is 9.99. The molecule has 0 unspecified atom stereocenters. The molecule has 0 aromatic heterocycles. The second kappa shape index (κ2) is 7.39. The molecule has 1 aromatic carbocycles. The third-order valence-electron chi connectivity index (χ3n) is 4.37. The number of hydrogen-bond acceptors (Lipinski definition) is 7. The lowest BCUT2D eigenvalue weighted by molar-refractivity contribution is -0.333. The van der Waals surface area contributed by atoms with Crippen molar-refractivity contribution in [1.82, 2.24) is 0 Å². The molecule has 0 aliphatic carbocycles. The minimum absolute atomic E-state index is 0.353. The van der Waals surface area contributed by atoms with Crippen molar-refractivity contribution in [3.05, 3.63) is 35.9 Å². The second-order valence-corrected chi connectivity index (χ2v) is 6.31. The summed E-state index contributed by atoms with van der Waals surface area (Å²) < 4.78 is 34.2. The van der Waals surface area contributed by atoms with Crippen LogP contribution in [0.5, 0.6) is 0 Å². The number of fused-ring (bicyclic) bond motifs is 1. The summed E-state index contributed by atoms with van der Waals surface area (Å²) in [6, 6.07) is 9.75. The number of ether oxygens (including phenoxy) is 6. The molecule has 0 radical (unpaired) electrons. The second-order valence-electron chi connectivity index (χ2n) is 6.31. The van der Waals surface area contributed by atoms with E-state index in [0.717, 1.165) is 5.56 Å². The number of benzene rings is 1. The van der Waals surface area contributed by atoms with Crippen molar-refractivity contribution in [2.75, 3.05) is 7.11 Å². The fraction of sp³-hybridized carbons (Fsp3) is 0.611. The van der Waals surface area contributed by atoms with Gasteiger partial charge < -0.3 is 23.7 Å². The summed E-state index contributed by atoms with van der Waals surface area (Å²) in [4.78, 5) is 11.5. The Morgan fingerprint density at radius 1 is 1.20 bits per heavy atom. The van der Waals surface area contributed by atoms with Crippen LogP contribution in [0.25, 0.3) is 0 Å². The molecule has 2 aliphatic rings. The average molecular weight is 352 g/mol. The van der Waals surface area contributed by atoms with E-state index in [1.807, 2.05) is 37.3 Å². The highest BCUT2D eigenvalue weighted by Crippen LogP contribution is 2.39. The van der Waals surface area contributed by atoms with E-state index in [4.69, 9.17) is 28.4 Å². The maximum Gasteiger partial charge on any atom is 0.303 e. The van der Waals surface area contributed by atoms with Crippen LogP contribution in [0, 0.1) is 0 Å². The number of carbonyl (C=O) groups excluding carboxylic acids is 1. The van der Waals surface area contributed by atoms with Crippen LogP contribution in [-0.4, -0.2) is 49.8 Å². The molecule has 138 valence electrons. The molecule has 25 heavy (non-hydrogen) atoms. The Morgan fingerprint density at radius 3 is 2.56 bits per heavy atom. The maximum absolute atomic E-state index is 11.5. The van der Waals surface area contributed by atoms with E-state index in [0.29, 0.717) is 6.61 Å². The van der Waals surface area contributed by atoms with Crippen LogP contribution in [0.15, 0.2) is 30.3 Å². The predicted octanol–water partition coefficient (Wildman–Crippen LogP) is 1.98. The van der Waals surface area contributed by atoms with Gasteiger partial charge in [0.05, 0.1) is 12.7 Å². The lowest BCUT2D eigenvalue weighted by Gasteiger charge is -2.40. The molecule has 6 atom stereocenters. The van der Waals surface area contributed by atoms with Gasteiger partial charge in [0.2, 0.25) is 0 Å². The van der Waals surface area contributed by atoms with Gasteiger partial charge in [0.1, 0.15) is 12.2 Å². The lowest BCUT2D eigenvalue weighted by Crippen LogP contribution is -2.57. The first-order chi connectivity index (χ1) is 11.9. The van der Waals surface area contributed by atoms with Gasteiger partial charge in [0.25, 0.3) is 5.97 Å². The first kappa shape index (κ1) is 18.3. The zero-order valence-corrected chi connectivity index (χ0v) is 14.8. The molecule has 2 heterocycles. The van der Waals surface area contributed by atoms with Gasteiger partial charge in [-0.15, -0.1) is 0 Å². The topological polar surface area (TPSA) is 72.5 Å². The number of hydrogen-bond donors (Lipinski definition) is 0. The molecule has 1 aromatic rings. The minimum Gasteiger partial charge on any atom is -0.457 e. The molecule has 0 bridgehead atoms. The Balaban J connectivity index is 1.80. The maximum atomic E-state index is 11.5. The van der Waals surface area contributed by atoms with Gasteiger partial charge in [-0.2, -0.15) is 0 Å². The zero-order chi connectivity index (χ0) is 18.0. The molecule has 0 spiro atoms. The van der Waals surface area contributed by atoms with Gasteiger partial charge in [-0.05, 0) is 12.5 Å². The fourth-order valence-corrected chi connectivity index (χ4v) is 3.09. The van der Waals surface area contributed by atoms with Crippen molar-refractivity contribution in [3.63, 3.8) is 0 Å². The molecule has 3 rings (SSSR count).